The Balaban J connectivity index is 2.16. The first-order chi connectivity index (χ1) is 7.79. The Kier molecular flexibility index (Phi) is 3.52. The maximum absolute atomic E-state index is 11.1. The number of thiophene rings is 1. The van der Waals surface area contributed by atoms with E-state index in [1.54, 1.807) is 11.3 Å². The van der Waals surface area contributed by atoms with Crippen molar-refractivity contribution in [3.8, 4) is 0 Å². The number of carbonyl (C=O) groups is 1. The van der Waals surface area contributed by atoms with Gasteiger partial charge in [0.1, 0.15) is 6.29 Å². The van der Waals surface area contributed by atoms with Crippen LogP contribution in [-0.2, 0) is 11.2 Å². The first-order valence-electron chi connectivity index (χ1n) is 5.34. The minimum Gasteiger partial charge on any atom is -0.303 e. The molecule has 1 atom stereocenters. The summed E-state index contributed by atoms with van der Waals surface area (Å²) in [6.45, 7) is 2.07. The molecule has 0 N–H and O–H groups in total. The molecule has 0 spiro atoms. The van der Waals surface area contributed by atoms with Crippen molar-refractivity contribution >= 4 is 17.6 Å². The molecule has 0 saturated heterocycles. The van der Waals surface area contributed by atoms with E-state index in [-0.39, 0.29) is 5.92 Å². The second-order valence-electron chi connectivity index (χ2n) is 3.95. The van der Waals surface area contributed by atoms with E-state index in [0.29, 0.717) is 0 Å². The van der Waals surface area contributed by atoms with Gasteiger partial charge in [0.25, 0.3) is 0 Å². The molecule has 1 aromatic heterocycles. The molecule has 0 aliphatic rings. The number of hydrogen-bond donors (Lipinski definition) is 0. The summed E-state index contributed by atoms with van der Waals surface area (Å²) in [4.78, 5) is 12.2. The Morgan fingerprint density at radius 3 is 2.81 bits per heavy atom. The van der Waals surface area contributed by atoms with E-state index < -0.39 is 0 Å². The molecule has 0 aliphatic carbocycles. The molecule has 0 bridgehead atoms. The highest BCUT2D eigenvalue weighted by molar-refractivity contribution is 7.10. The zero-order valence-electron chi connectivity index (χ0n) is 9.22. The van der Waals surface area contributed by atoms with Crippen LogP contribution in [0.15, 0.2) is 41.8 Å². The van der Waals surface area contributed by atoms with Crippen LogP contribution in [0.4, 0.5) is 0 Å². The quantitative estimate of drug-likeness (QED) is 0.734. The smallest absolute Gasteiger partial charge is 0.128 e. The van der Waals surface area contributed by atoms with Crippen LogP contribution in [0.2, 0.25) is 0 Å². The first-order valence-corrected chi connectivity index (χ1v) is 6.22. The molecule has 1 unspecified atom stereocenters. The maximum atomic E-state index is 11.1. The molecule has 0 fully saturated rings. The number of hydrogen-bond acceptors (Lipinski definition) is 2. The van der Waals surface area contributed by atoms with Gasteiger partial charge in [-0.1, -0.05) is 35.9 Å². The molecule has 1 aromatic carbocycles. The molecule has 1 heterocycles. The predicted molar refractivity (Wildman–Crippen MR) is 68.0 cm³/mol. The molecule has 2 aromatic rings. The van der Waals surface area contributed by atoms with E-state index in [1.165, 1.54) is 11.1 Å². The van der Waals surface area contributed by atoms with Crippen LogP contribution in [0.5, 0.6) is 0 Å². The minimum absolute atomic E-state index is 0.00167. The van der Waals surface area contributed by atoms with Crippen molar-refractivity contribution in [3.05, 3.63) is 57.8 Å². The summed E-state index contributed by atoms with van der Waals surface area (Å²) in [6, 6.07) is 12.4. The van der Waals surface area contributed by atoms with Gasteiger partial charge in [-0.25, -0.2) is 0 Å². The highest BCUT2D eigenvalue weighted by Gasteiger charge is 2.12. The highest BCUT2D eigenvalue weighted by Crippen LogP contribution is 2.23. The maximum Gasteiger partial charge on any atom is 0.128 e. The number of aryl methyl sites for hydroxylation is 1. The highest BCUT2D eigenvalue weighted by atomic mass is 32.1. The zero-order valence-corrected chi connectivity index (χ0v) is 10.0. The van der Waals surface area contributed by atoms with Crippen molar-refractivity contribution in [1.29, 1.82) is 0 Å². The summed E-state index contributed by atoms with van der Waals surface area (Å²) in [5.41, 5.74) is 2.47. The molecule has 0 saturated carbocycles. The Morgan fingerprint density at radius 1 is 1.31 bits per heavy atom. The number of rotatable bonds is 4. The lowest BCUT2D eigenvalue weighted by atomic mass is 9.98. The molecule has 0 aliphatic heterocycles. The third-order valence-electron chi connectivity index (χ3n) is 2.61. The van der Waals surface area contributed by atoms with Gasteiger partial charge in [-0.15, -0.1) is 11.3 Å². The van der Waals surface area contributed by atoms with Crippen molar-refractivity contribution in [3.63, 3.8) is 0 Å². The Hall–Kier alpha value is -1.41. The summed E-state index contributed by atoms with van der Waals surface area (Å²) in [5.74, 6) is 0.00167. The second kappa shape index (κ2) is 5.08. The predicted octanol–water partition coefficient (Wildman–Crippen LogP) is 3.58. The van der Waals surface area contributed by atoms with Gasteiger partial charge < -0.3 is 4.79 Å². The van der Waals surface area contributed by atoms with E-state index in [4.69, 9.17) is 0 Å². The molecule has 82 valence electrons. The van der Waals surface area contributed by atoms with Gasteiger partial charge in [0.15, 0.2) is 0 Å². The van der Waals surface area contributed by atoms with E-state index in [2.05, 4.69) is 25.1 Å². The van der Waals surface area contributed by atoms with Crippen LogP contribution in [-0.4, -0.2) is 6.29 Å². The van der Waals surface area contributed by atoms with Crippen molar-refractivity contribution in [1.82, 2.24) is 0 Å². The van der Waals surface area contributed by atoms with E-state index in [9.17, 15) is 4.79 Å². The lowest BCUT2D eigenvalue weighted by molar-refractivity contribution is -0.109. The molecule has 2 heteroatoms. The van der Waals surface area contributed by atoms with Crippen molar-refractivity contribution in [2.45, 2.75) is 19.3 Å². The third kappa shape index (κ3) is 2.58. The fourth-order valence-corrected chi connectivity index (χ4v) is 2.60. The monoisotopic (exact) mass is 230 g/mol. The van der Waals surface area contributed by atoms with Gasteiger partial charge in [-0.3, -0.25) is 0 Å². The first kappa shape index (κ1) is 11.1. The van der Waals surface area contributed by atoms with E-state index in [0.717, 1.165) is 17.6 Å². The molecule has 16 heavy (non-hydrogen) atoms. The average molecular weight is 230 g/mol. The average Bonchev–Trinajstić information content (AvgIpc) is 2.79. The Morgan fingerprint density at radius 2 is 2.19 bits per heavy atom. The van der Waals surface area contributed by atoms with Crippen LogP contribution < -0.4 is 0 Å². The second-order valence-corrected chi connectivity index (χ2v) is 4.93. The van der Waals surface area contributed by atoms with Gasteiger partial charge >= 0.3 is 0 Å². The van der Waals surface area contributed by atoms with Gasteiger partial charge in [0, 0.05) is 4.88 Å². The summed E-state index contributed by atoms with van der Waals surface area (Å²) in [7, 11) is 0. The Bertz CT molecular complexity index is 459. The summed E-state index contributed by atoms with van der Waals surface area (Å²) in [5, 5.41) is 2.02. The third-order valence-corrected chi connectivity index (χ3v) is 3.62. The standard InChI is InChI=1S/C14H14OS/c1-11-4-2-5-12(8-11)9-13(10-15)14-6-3-7-16-14/h2-8,10,13H,9H2,1H3. The van der Waals surface area contributed by atoms with E-state index in [1.807, 2.05) is 23.6 Å². The number of carbonyl (C=O) groups excluding carboxylic acids is 1. The summed E-state index contributed by atoms with van der Waals surface area (Å²) >= 11 is 1.65. The molecule has 0 radical (unpaired) electrons. The fraction of sp³-hybridized carbons (Fsp3) is 0.214. The van der Waals surface area contributed by atoms with Crippen LogP contribution >= 0.6 is 11.3 Å². The SMILES string of the molecule is Cc1cccc(CC(C=O)c2cccs2)c1. The van der Waals surface area contributed by atoms with Gasteiger partial charge in [0.2, 0.25) is 0 Å². The van der Waals surface area contributed by atoms with Gasteiger partial charge in [0.05, 0.1) is 5.92 Å². The van der Waals surface area contributed by atoms with Crippen LogP contribution in [0.3, 0.4) is 0 Å². The van der Waals surface area contributed by atoms with Crippen LogP contribution in [0.25, 0.3) is 0 Å². The molecule has 0 amide bonds. The summed E-state index contributed by atoms with van der Waals surface area (Å²) in [6.07, 6.45) is 1.85. The minimum atomic E-state index is 0.00167. The van der Waals surface area contributed by atoms with Crippen molar-refractivity contribution in [2.75, 3.05) is 0 Å². The van der Waals surface area contributed by atoms with Crippen LogP contribution in [0.1, 0.15) is 21.9 Å². The van der Waals surface area contributed by atoms with E-state index >= 15 is 0 Å². The molecular weight excluding hydrogens is 216 g/mol. The topological polar surface area (TPSA) is 17.1 Å². The lowest BCUT2D eigenvalue weighted by Crippen LogP contribution is -2.02. The lowest BCUT2D eigenvalue weighted by Gasteiger charge is -2.08. The largest absolute Gasteiger partial charge is 0.303 e. The van der Waals surface area contributed by atoms with Crippen molar-refractivity contribution in [2.24, 2.45) is 0 Å². The number of benzene rings is 1. The number of aldehydes is 1. The zero-order chi connectivity index (χ0) is 11.4. The van der Waals surface area contributed by atoms with Crippen LogP contribution in [0, 0.1) is 6.92 Å². The van der Waals surface area contributed by atoms with Gasteiger partial charge in [-0.2, -0.15) is 0 Å². The van der Waals surface area contributed by atoms with Gasteiger partial charge in [-0.05, 0) is 30.4 Å². The molecule has 1 nitrogen and oxygen atoms in total. The Labute approximate surface area is 99.8 Å². The summed E-state index contributed by atoms with van der Waals surface area (Å²) < 4.78 is 0. The fourth-order valence-electron chi connectivity index (χ4n) is 1.81. The molecule has 2 rings (SSSR count). The van der Waals surface area contributed by atoms with Crippen molar-refractivity contribution < 1.29 is 4.79 Å². The normalized spacial score (nSPS) is 12.3. The molecular formula is C14H14OS.